The first-order valence-corrected chi connectivity index (χ1v) is 11.2. The Morgan fingerprint density at radius 3 is 2.67 bits per heavy atom. The van der Waals surface area contributed by atoms with Gasteiger partial charge in [-0.25, -0.2) is 9.99 Å². The molecule has 0 saturated carbocycles. The Labute approximate surface area is 194 Å². The number of hydrogen-bond acceptors (Lipinski definition) is 7. The summed E-state index contributed by atoms with van der Waals surface area (Å²) in [6.07, 6.45) is 5.63. The van der Waals surface area contributed by atoms with Crippen LogP contribution in [0.1, 0.15) is 33.3 Å². The number of carbonyl (C=O) groups is 1. The molecule has 1 N–H and O–H groups in total. The lowest BCUT2D eigenvalue weighted by atomic mass is 9.98. The van der Waals surface area contributed by atoms with Crippen LogP contribution in [0.3, 0.4) is 0 Å². The molecule has 5 rings (SSSR count). The van der Waals surface area contributed by atoms with E-state index < -0.39 is 6.04 Å². The third-order valence-corrected chi connectivity index (χ3v) is 6.58. The number of carbonyl (C=O) groups excluding carboxylic acids is 1. The molecule has 1 amide bonds. The zero-order chi connectivity index (χ0) is 22.8. The lowest BCUT2D eigenvalue weighted by Gasteiger charge is -2.22. The Kier molecular flexibility index (Phi) is 5.58. The largest absolute Gasteiger partial charge is 0.508 e. The van der Waals surface area contributed by atoms with Gasteiger partial charge in [-0.15, -0.1) is 11.3 Å². The molecular formula is C25H20N4O3S. The summed E-state index contributed by atoms with van der Waals surface area (Å²) in [6, 6.07) is 17.8. The summed E-state index contributed by atoms with van der Waals surface area (Å²) in [5, 5.41) is 16.6. The number of phenolic OH excluding ortho intramolecular Hbond substituents is 1. The molecule has 7 nitrogen and oxygen atoms in total. The smallest absolute Gasteiger partial charge is 0.284 e. The highest BCUT2D eigenvalue weighted by atomic mass is 32.1. The first kappa shape index (κ1) is 20.8. The van der Waals surface area contributed by atoms with Gasteiger partial charge in [-0.1, -0.05) is 24.3 Å². The maximum Gasteiger partial charge on any atom is 0.284 e. The summed E-state index contributed by atoms with van der Waals surface area (Å²) in [7, 11) is 1.57. The van der Waals surface area contributed by atoms with E-state index in [9.17, 15) is 9.90 Å². The molecule has 0 saturated heterocycles. The minimum absolute atomic E-state index is 0.138. The van der Waals surface area contributed by atoms with E-state index in [1.54, 1.807) is 50.0 Å². The number of aromatic nitrogens is 2. The minimum atomic E-state index is -0.415. The number of phenols is 1. The Morgan fingerprint density at radius 2 is 1.94 bits per heavy atom. The van der Waals surface area contributed by atoms with Crippen LogP contribution in [0.5, 0.6) is 11.6 Å². The molecule has 164 valence electrons. The Morgan fingerprint density at radius 1 is 1.06 bits per heavy atom. The average molecular weight is 457 g/mol. The van der Waals surface area contributed by atoms with E-state index in [1.807, 2.05) is 36.4 Å². The van der Waals surface area contributed by atoms with Gasteiger partial charge in [0.25, 0.3) is 5.91 Å². The molecule has 1 unspecified atom stereocenters. The topological polar surface area (TPSA) is 87.9 Å². The molecule has 0 aliphatic carbocycles. The molecule has 4 aromatic rings. The van der Waals surface area contributed by atoms with Gasteiger partial charge in [-0.3, -0.25) is 9.78 Å². The molecule has 1 aliphatic heterocycles. The fourth-order valence-corrected chi connectivity index (χ4v) is 4.71. The highest BCUT2D eigenvalue weighted by Gasteiger charge is 2.35. The summed E-state index contributed by atoms with van der Waals surface area (Å²) >= 11 is 1.38. The summed E-state index contributed by atoms with van der Waals surface area (Å²) in [6.45, 7) is 0. The van der Waals surface area contributed by atoms with Crippen molar-refractivity contribution >= 4 is 23.0 Å². The van der Waals surface area contributed by atoms with Gasteiger partial charge in [0, 0.05) is 52.6 Å². The van der Waals surface area contributed by atoms with Crippen molar-refractivity contribution in [1.82, 2.24) is 15.0 Å². The first-order valence-electron chi connectivity index (χ1n) is 10.3. The van der Waals surface area contributed by atoms with Gasteiger partial charge in [0.15, 0.2) is 0 Å². The SMILES string of the molecule is COc1ccc(-c2ccc(C(=O)N3N=C(c4cccnc4)CC3c3ccccc3O)s2)cn1. The van der Waals surface area contributed by atoms with Crippen LogP contribution in [0, 0.1) is 0 Å². The molecule has 0 bridgehead atoms. The van der Waals surface area contributed by atoms with Crippen molar-refractivity contribution in [3.63, 3.8) is 0 Å². The van der Waals surface area contributed by atoms with Crippen LogP contribution >= 0.6 is 11.3 Å². The Balaban J connectivity index is 1.49. The Bertz CT molecular complexity index is 1320. The average Bonchev–Trinajstić information content (AvgIpc) is 3.53. The maximum atomic E-state index is 13.6. The minimum Gasteiger partial charge on any atom is -0.508 e. The van der Waals surface area contributed by atoms with E-state index >= 15 is 0 Å². The number of para-hydroxylation sites is 1. The van der Waals surface area contributed by atoms with Crippen LogP contribution in [0.4, 0.5) is 0 Å². The number of methoxy groups -OCH3 is 1. The van der Waals surface area contributed by atoms with E-state index in [0.717, 1.165) is 21.7 Å². The number of aromatic hydroxyl groups is 1. The monoisotopic (exact) mass is 456 g/mol. The highest BCUT2D eigenvalue weighted by Crippen LogP contribution is 2.39. The molecule has 0 spiro atoms. The van der Waals surface area contributed by atoms with Crippen molar-refractivity contribution in [2.75, 3.05) is 7.11 Å². The van der Waals surface area contributed by atoms with Gasteiger partial charge < -0.3 is 9.84 Å². The number of ether oxygens (including phenoxy) is 1. The fraction of sp³-hybridized carbons (Fsp3) is 0.120. The van der Waals surface area contributed by atoms with Crippen LogP contribution < -0.4 is 4.74 Å². The summed E-state index contributed by atoms with van der Waals surface area (Å²) in [5.74, 6) is 0.449. The number of pyridine rings is 2. The predicted molar refractivity (Wildman–Crippen MR) is 127 cm³/mol. The number of hydrazone groups is 1. The van der Waals surface area contributed by atoms with E-state index in [1.165, 1.54) is 16.3 Å². The van der Waals surface area contributed by atoms with Gasteiger partial charge in [-0.2, -0.15) is 5.10 Å². The van der Waals surface area contributed by atoms with Crippen LogP contribution in [-0.2, 0) is 0 Å². The second-order valence-electron chi connectivity index (χ2n) is 7.47. The molecule has 33 heavy (non-hydrogen) atoms. The number of benzene rings is 1. The van der Waals surface area contributed by atoms with Crippen molar-refractivity contribution in [2.45, 2.75) is 12.5 Å². The molecule has 0 fully saturated rings. The second-order valence-corrected chi connectivity index (χ2v) is 8.55. The van der Waals surface area contributed by atoms with Gasteiger partial charge in [0.05, 0.1) is 23.7 Å². The van der Waals surface area contributed by atoms with E-state index in [4.69, 9.17) is 4.74 Å². The van der Waals surface area contributed by atoms with E-state index in [0.29, 0.717) is 22.7 Å². The van der Waals surface area contributed by atoms with Gasteiger partial charge in [0.2, 0.25) is 5.88 Å². The van der Waals surface area contributed by atoms with Crippen molar-refractivity contribution in [1.29, 1.82) is 0 Å². The summed E-state index contributed by atoms with van der Waals surface area (Å²) in [5.41, 5.74) is 3.16. The normalized spacial score (nSPS) is 15.4. The van der Waals surface area contributed by atoms with E-state index in [-0.39, 0.29) is 11.7 Å². The maximum absolute atomic E-state index is 13.6. The number of rotatable bonds is 5. The zero-order valence-corrected chi connectivity index (χ0v) is 18.6. The highest BCUT2D eigenvalue weighted by molar-refractivity contribution is 7.17. The molecule has 0 radical (unpaired) electrons. The second kappa shape index (κ2) is 8.84. The van der Waals surface area contributed by atoms with Crippen molar-refractivity contribution in [3.05, 3.63) is 95.3 Å². The van der Waals surface area contributed by atoms with Gasteiger partial charge in [0.1, 0.15) is 5.75 Å². The zero-order valence-electron chi connectivity index (χ0n) is 17.8. The number of nitrogens with zero attached hydrogens (tertiary/aromatic N) is 4. The van der Waals surface area contributed by atoms with Crippen molar-refractivity contribution in [2.24, 2.45) is 5.10 Å². The van der Waals surface area contributed by atoms with Crippen LogP contribution in [0.15, 0.2) is 84.4 Å². The van der Waals surface area contributed by atoms with Crippen molar-refractivity contribution in [3.8, 4) is 22.1 Å². The third-order valence-electron chi connectivity index (χ3n) is 5.46. The summed E-state index contributed by atoms with van der Waals surface area (Å²) in [4.78, 5) is 23.5. The number of hydrogen-bond donors (Lipinski definition) is 1. The quantitative estimate of drug-likeness (QED) is 0.461. The third kappa shape index (κ3) is 4.08. The molecule has 1 aliphatic rings. The predicted octanol–water partition coefficient (Wildman–Crippen LogP) is 4.91. The van der Waals surface area contributed by atoms with E-state index in [2.05, 4.69) is 15.1 Å². The number of thiophene rings is 1. The molecule has 3 aromatic heterocycles. The molecular weight excluding hydrogens is 436 g/mol. The number of amides is 1. The van der Waals surface area contributed by atoms with Crippen LogP contribution in [0.2, 0.25) is 0 Å². The van der Waals surface area contributed by atoms with Crippen molar-refractivity contribution < 1.29 is 14.6 Å². The lowest BCUT2D eigenvalue weighted by Crippen LogP contribution is -2.26. The molecule has 8 heteroatoms. The van der Waals surface area contributed by atoms with Gasteiger partial charge in [-0.05, 0) is 30.3 Å². The summed E-state index contributed by atoms with van der Waals surface area (Å²) < 4.78 is 5.12. The molecule has 4 heterocycles. The first-order chi connectivity index (χ1) is 16.1. The van der Waals surface area contributed by atoms with Crippen LogP contribution in [0.25, 0.3) is 10.4 Å². The molecule has 1 aromatic carbocycles. The molecule has 1 atom stereocenters. The Hall–Kier alpha value is -4.04. The van der Waals surface area contributed by atoms with Gasteiger partial charge >= 0.3 is 0 Å². The lowest BCUT2D eigenvalue weighted by molar-refractivity contribution is 0.0714. The van der Waals surface area contributed by atoms with Crippen LogP contribution in [-0.4, -0.2) is 38.8 Å². The fourth-order valence-electron chi connectivity index (χ4n) is 3.78. The standard InChI is InChI=1S/C25H20N4O3S/c1-32-24-11-8-17(15-27-24)22-9-10-23(33-22)25(31)29-20(18-6-2-3-7-21(18)30)13-19(28-29)16-5-4-12-26-14-16/h2-12,14-15,20,30H,13H2,1H3.